The van der Waals surface area contributed by atoms with E-state index in [1.165, 1.54) is 25.2 Å². The van der Waals surface area contributed by atoms with Gasteiger partial charge in [0.25, 0.3) is 5.91 Å². The van der Waals surface area contributed by atoms with Crippen molar-refractivity contribution in [3.05, 3.63) is 76.7 Å². The number of Topliss-reactive ketones (excluding diaryl/α,β-unsaturated/α-hetero) is 1. The molecule has 1 aliphatic rings. The minimum absolute atomic E-state index is 0. The van der Waals surface area contributed by atoms with Crippen molar-refractivity contribution in [3.63, 3.8) is 0 Å². The summed E-state index contributed by atoms with van der Waals surface area (Å²) >= 11 is 0. The molecule has 1 aliphatic carbocycles. The molecule has 0 spiro atoms. The Bertz CT molecular complexity index is 1770. The second-order valence-corrected chi connectivity index (χ2v) is 11.3. The zero-order valence-electron chi connectivity index (χ0n) is 24.4. The van der Waals surface area contributed by atoms with Crippen molar-refractivity contribution in [3.8, 4) is 28.5 Å². The number of benzene rings is 2. The maximum absolute atomic E-state index is 15.0. The summed E-state index contributed by atoms with van der Waals surface area (Å²) in [5.74, 6) is -1.60. The molecule has 1 atom stereocenters. The maximum atomic E-state index is 15.0. The van der Waals surface area contributed by atoms with Gasteiger partial charge >= 0.3 is 6.18 Å². The van der Waals surface area contributed by atoms with E-state index in [9.17, 15) is 32.4 Å². The normalized spacial score (nSPS) is 14.4. The van der Waals surface area contributed by atoms with E-state index in [-0.39, 0.29) is 70.6 Å². The van der Waals surface area contributed by atoms with Crippen LogP contribution in [-0.2, 0) is 6.42 Å². The summed E-state index contributed by atoms with van der Waals surface area (Å²) < 4.78 is 60.9. The number of halogens is 4. The number of carbonyl (C=O) groups is 2. The summed E-state index contributed by atoms with van der Waals surface area (Å²) in [4.78, 5) is 30.8. The first-order valence-electron chi connectivity index (χ1n) is 13.9. The van der Waals surface area contributed by atoms with Crippen LogP contribution in [0, 0.1) is 35.4 Å². The van der Waals surface area contributed by atoms with E-state index in [0.717, 1.165) is 24.5 Å². The smallest absolute Gasteiger partial charge is 0.389 e. The molecule has 4 aromatic rings. The maximum Gasteiger partial charge on any atom is 0.389 e. The standard InChI is InChI=1S/C33H29F4N3O3.H2S/c1-18-4-6-19(7-5-18)29-28(30(42)39-3)24-15-22(26(40-31(24)43-29)12-13-33(35,36)37)20-8-11-25(34)23(14-20)27(41)16-32(2,17-38)21-9-10-21;/h4-8,11,14-15,21H,9-10,12-13,16H2,1-3H3,(H,39,42);1H2/t32-;/m1./s1. The van der Waals surface area contributed by atoms with E-state index in [4.69, 9.17) is 4.42 Å². The number of nitriles is 1. The summed E-state index contributed by atoms with van der Waals surface area (Å²) in [6.45, 7) is 3.58. The van der Waals surface area contributed by atoms with Crippen LogP contribution in [0.2, 0.25) is 0 Å². The Morgan fingerprint density at radius 2 is 1.75 bits per heavy atom. The number of ketones is 1. The van der Waals surface area contributed by atoms with Crippen LogP contribution in [0.25, 0.3) is 33.6 Å². The zero-order valence-corrected chi connectivity index (χ0v) is 25.4. The minimum Gasteiger partial charge on any atom is -0.437 e. The average molecular weight is 626 g/mol. The third-order valence-corrected chi connectivity index (χ3v) is 8.01. The Kier molecular flexibility index (Phi) is 9.26. The number of furan rings is 1. The third-order valence-electron chi connectivity index (χ3n) is 8.01. The van der Waals surface area contributed by atoms with E-state index < -0.39 is 41.9 Å². The van der Waals surface area contributed by atoms with Crippen molar-refractivity contribution in [2.45, 2.75) is 52.1 Å². The molecule has 6 nitrogen and oxygen atoms in total. The van der Waals surface area contributed by atoms with Crippen molar-refractivity contribution < 1.29 is 31.6 Å². The fraction of sp³-hybridized carbons (Fsp3) is 0.333. The highest BCUT2D eigenvalue weighted by Crippen LogP contribution is 2.48. The fourth-order valence-corrected chi connectivity index (χ4v) is 5.35. The van der Waals surface area contributed by atoms with Crippen LogP contribution in [0.15, 0.2) is 52.9 Å². The molecule has 2 heterocycles. The Morgan fingerprint density at radius 3 is 2.34 bits per heavy atom. The lowest BCUT2D eigenvalue weighted by Gasteiger charge is -2.20. The van der Waals surface area contributed by atoms with Crippen LogP contribution in [0.1, 0.15) is 64.6 Å². The van der Waals surface area contributed by atoms with E-state index in [1.54, 1.807) is 19.1 Å². The monoisotopic (exact) mass is 625 g/mol. The van der Waals surface area contributed by atoms with E-state index in [2.05, 4.69) is 16.4 Å². The molecule has 11 heteroatoms. The van der Waals surface area contributed by atoms with E-state index in [1.807, 2.05) is 19.1 Å². The Balaban J connectivity index is 0.00000442. The number of nitrogens with zero attached hydrogens (tertiary/aromatic N) is 2. The van der Waals surface area contributed by atoms with Gasteiger partial charge in [0, 0.05) is 31.0 Å². The number of hydrogen-bond donors (Lipinski definition) is 1. The second kappa shape index (κ2) is 12.4. The van der Waals surface area contributed by atoms with E-state index >= 15 is 0 Å². The van der Waals surface area contributed by atoms with Gasteiger partial charge in [-0.1, -0.05) is 35.9 Å². The molecule has 1 amide bonds. The molecule has 0 aliphatic heterocycles. The summed E-state index contributed by atoms with van der Waals surface area (Å²) in [5.41, 5.74) is 0.941. The molecule has 1 N–H and O–H groups in total. The summed E-state index contributed by atoms with van der Waals surface area (Å²) in [6, 6.07) is 14.6. The number of amides is 1. The van der Waals surface area contributed by atoms with Crippen LogP contribution >= 0.6 is 13.5 Å². The number of fused-ring (bicyclic) bond motifs is 1. The first kappa shape index (κ1) is 32.7. The molecule has 44 heavy (non-hydrogen) atoms. The highest BCUT2D eigenvalue weighted by Gasteiger charge is 2.43. The lowest BCUT2D eigenvalue weighted by molar-refractivity contribution is -0.134. The lowest BCUT2D eigenvalue weighted by Crippen LogP contribution is -2.22. The molecule has 2 aromatic carbocycles. The molecule has 0 bridgehead atoms. The molecular formula is C33H31F4N3O3S. The third kappa shape index (κ3) is 6.65. The number of carbonyl (C=O) groups excluding carboxylic acids is 2. The van der Waals surface area contributed by atoms with Crippen LogP contribution < -0.4 is 5.32 Å². The largest absolute Gasteiger partial charge is 0.437 e. The molecule has 5 rings (SSSR count). The van der Waals surface area contributed by atoms with Crippen molar-refractivity contribution in [1.29, 1.82) is 5.26 Å². The van der Waals surface area contributed by atoms with Gasteiger partial charge in [-0.15, -0.1) is 0 Å². The highest BCUT2D eigenvalue weighted by molar-refractivity contribution is 7.59. The lowest BCUT2D eigenvalue weighted by atomic mass is 9.80. The molecule has 1 saturated carbocycles. The number of aromatic nitrogens is 1. The first-order valence-corrected chi connectivity index (χ1v) is 13.9. The van der Waals surface area contributed by atoms with Gasteiger partial charge in [0.05, 0.1) is 33.7 Å². The van der Waals surface area contributed by atoms with Crippen LogP contribution in [-0.4, -0.2) is 29.9 Å². The van der Waals surface area contributed by atoms with Crippen molar-refractivity contribution in [2.75, 3.05) is 7.05 Å². The Morgan fingerprint density at radius 1 is 1.09 bits per heavy atom. The quantitative estimate of drug-likeness (QED) is 0.150. The topological polar surface area (TPSA) is 96.0 Å². The molecule has 2 aromatic heterocycles. The molecule has 0 saturated heterocycles. The first-order chi connectivity index (χ1) is 20.3. The van der Waals surface area contributed by atoms with Crippen LogP contribution in [0.3, 0.4) is 0 Å². The Hall–Kier alpha value is -4.17. The van der Waals surface area contributed by atoms with Gasteiger partial charge in [0.2, 0.25) is 5.71 Å². The molecule has 0 unspecified atom stereocenters. The van der Waals surface area contributed by atoms with Gasteiger partial charge < -0.3 is 9.73 Å². The van der Waals surface area contributed by atoms with Gasteiger partial charge in [-0.05, 0) is 62.8 Å². The fourth-order valence-electron chi connectivity index (χ4n) is 5.35. The second-order valence-electron chi connectivity index (χ2n) is 11.3. The van der Waals surface area contributed by atoms with Crippen LogP contribution in [0.5, 0.6) is 0 Å². The summed E-state index contributed by atoms with van der Waals surface area (Å²) in [5, 5.41) is 12.5. The summed E-state index contributed by atoms with van der Waals surface area (Å²) in [7, 11) is 1.45. The van der Waals surface area contributed by atoms with Gasteiger partial charge in [0.1, 0.15) is 11.6 Å². The van der Waals surface area contributed by atoms with Gasteiger partial charge in [-0.2, -0.15) is 31.9 Å². The van der Waals surface area contributed by atoms with Gasteiger partial charge in [-0.25, -0.2) is 9.37 Å². The zero-order chi connectivity index (χ0) is 31.1. The molecule has 230 valence electrons. The number of nitrogens with one attached hydrogen (secondary N) is 1. The van der Waals surface area contributed by atoms with Crippen molar-refractivity contribution >= 4 is 36.3 Å². The van der Waals surface area contributed by atoms with Crippen molar-refractivity contribution in [2.24, 2.45) is 11.3 Å². The average Bonchev–Trinajstić information content (AvgIpc) is 3.77. The van der Waals surface area contributed by atoms with E-state index in [0.29, 0.717) is 5.56 Å². The number of rotatable bonds is 9. The SMILES string of the molecule is CNC(=O)c1c(-c2ccc(C)cc2)oc2nc(CCC(F)(F)F)c(-c3ccc(F)c(C(=O)C[C@](C)(C#N)C4CC4)c3)cc12.S. The highest BCUT2D eigenvalue weighted by atomic mass is 32.1. The predicted molar refractivity (Wildman–Crippen MR) is 163 cm³/mol. The van der Waals surface area contributed by atoms with Crippen LogP contribution in [0.4, 0.5) is 17.6 Å². The number of hydrogen-bond acceptors (Lipinski definition) is 5. The Labute approximate surface area is 258 Å². The molecule has 0 radical (unpaired) electrons. The minimum atomic E-state index is -4.48. The molecule has 1 fully saturated rings. The number of pyridine rings is 1. The number of alkyl halides is 3. The summed E-state index contributed by atoms with van der Waals surface area (Å²) in [6.07, 6.45) is -4.73. The predicted octanol–water partition coefficient (Wildman–Crippen LogP) is 8.09. The number of aryl methyl sites for hydroxylation is 2. The van der Waals surface area contributed by atoms with Crippen molar-refractivity contribution in [1.82, 2.24) is 10.3 Å². The van der Waals surface area contributed by atoms with Gasteiger partial charge in [-0.3, -0.25) is 9.59 Å². The van der Waals surface area contributed by atoms with Gasteiger partial charge in [0.15, 0.2) is 5.78 Å². The molecular weight excluding hydrogens is 594 g/mol.